The summed E-state index contributed by atoms with van der Waals surface area (Å²) in [5, 5.41) is 0.442. The molecule has 30 heavy (non-hydrogen) atoms. The fourth-order valence-electron chi connectivity index (χ4n) is 4.42. The van der Waals surface area contributed by atoms with E-state index in [-0.39, 0.29) is 30.1 Å². The molecule has 0 radical (unpaired) electrons. The minimum atomic E-state index is -4.57. The van der Waals surface area contributed by atoms with E-state index < -0.39 is 17.7 Å². The number of hydrogen-bond donors (Lipinski definition) is 0. The van der Waals surface area contributed by atoms with Crippen LogP contribution in [0.4, 0.5) is 18.9 Å². The summed E-state index contributed by atoms with van der Waals surface area (Å²) in [4.78, 5) is 27.6. The quantitative estimate of drug-likeness (QED) is 0.566. The van der Waals surface area contributed by atoms with Crippen LogP contribution in [0, 0.1) is 6.92 Å². The molecule has 156 valence electrons. The number of carbonyl (C=O) groups excluding carboxylic acids is 2. The van der Waals surface area contributed by atoms with Crippen LogP contribution >= 0.6 is 11.6 Å². The molecule has 0 saturated carbocycles. The van der Waals surface area contributed by atoms with Gasteiger partial charge in [-0.15, -0.1) is 0 Å². The van der Waals surface area contributed by atoms with Gasteiger partial charge in [-0.1, -0.05) is 35.9 Å². The van der Waals surface area contributed by atoms with Crippen molar-refractivity contribution in [1.29, 1.82) is 0 Å². The maximum atomic E-state index is 13.6. The molecule has 1 unspecified atom stereocenters. The van der Waals surface area contributed by atoms with Crippen molar-refractivity contribution in [2.45, 2.75) is 44.7 Å². The Hall–Kier alpha value is -2.60. The molecule has 2 aliphatic rings. The van der Waals surface area contributed by atoms with Gasteiger partial charge in [-0.3, -0.25) is 14.5 Å². The van der Waals surface area contributed by atoms with Gasteiger partial charge in [-0.05, 0) is 49.1 Å². The van der Waals surface area contributed by atoms with Gasteiger partial charge in [-0.25, -0.2) is 0 Å². The highest BCUT2D eigenvalue weighted by Crippen LogP contribution is 2.47. The average Bonchev–Trinajstić information content (AvgIpc) is 2.69. The van der Waals surface area contributed by atoms with Crippen LogP contribution in [0.2, 0.25) is 5.02 Å². The molecule has 4 rings (SSSR count). The Morgan fingerprint density at radius 1 is 1.07 bits per heavy atom. The van der Waals surface area contributed by atoms with Crippen molar-refractivity contribution >= 4 is 29.0 Å². The maximum absolute atomic E-state index is 13.6. The molecule has 1 atom stereocenters. The van der Waals surface area contributed by atoms with Crippen molar-refractivity contribution in [3.05, 3.63) is 75.4 Å². The Bertz CT molecular complexity index is 1070. The Kier molecular flexibility index (Phi) is 5.22. The molecule has 7 heteroatoms. The van der Waals surface area contributed by atoms with Gasteiger partial charge >= 0.3 is 6.18 Å². The summed E-state index contributed by atoms with van der Waals surface area (Å²) >= 11 is 6.14. The maximum Gasteiger partial charge on any atom is 0.416 e. The normalized spacial score (nSPS) is 19.9. The van der Waals surface area contributed by atoms with Gasteiger partial charge in [-0.2, -0.15) is 13.2 Å². The van der Waals surface area contributed by atoms with Crippen LogP contribution in [-0.2, 0) is 15.8 Å². The Morgan fingerprint density at radius 2 is 1.80 bits per heavy atom. The summed E-state index contributed by atoms with van der Waals surface area (Å²) < 4.78 is 40.9. The molecule has 0 fully saturated rings. The van der Waals surface area contributed by atoms with Crippen LogP contribution in [0.5, 0.6) is 0 Å². The zero-order valence-corrected chi connectivity index (χ0v) is 17.0. The van der Waals surface area contributed by atoms with Gasteiger partial charge in [0, 0.05) is 35.1 Å². The van der Waals surface area contributed by atoms with Crippen LogP contribution < -0.4 is 4.90 Å². The smallest absolute Gasteiger partial charge is 0.294 e. The van der Waals surface area contributed by atoms with Crippen LogP contribution in [0.25, 0.3) is 0 Å². The minimum absolute atomic E-state index is 0.0245. The number of alkyl halides is 3. The standard InChI is InChI=1S/C23H19ClF3NO2/c1-13-9-10-14(24)11-19(13)28-18-7-4-8-20(29)22(18)16(12-21(28)30)15-5-2-3-6-17(15)23(25,26)27/h2-3,5-6,9-11,16H,4,7-8,12H2,1H3. The largest absolute Gasteiger partial charge is 0.416 e. The van der Waals surface area contributed by atoms with E-state index in [4.69, 9.17) is 11.6 Å². The van der Waals surface area contributed by atoms with Gasteiger partial charge in [0.2, 0.25) is 5.91 Å². The topological polar surface area (TPSA) is 37.4 Å². The lowest BCUT2D eigenvalue weighted by Crippen LogP contribution is -2.41. The molecule has 0 aromatic heterocycles. The number of hydrogen-bond acceptors (Lipinski definition) is 2. The van der Waals surface area contributed by atoms with E-state index in [9.17, 15) is 22.8 Å². The van der Waals surface area contributed by atoms with E-state index in [2.05, 4.69) is 0 Å². The van der Waals surface area contributed by atoms with Crippen molar-refractivity contribution < 1.29 is 22.8 Å². The first-order valence-electron chi connectivity index (χ1n) is 9.70. The van der Waals surface area contributed by atoms with Gasteiger partial charge < -0.3 is 0 Å². The number of anilines is 1. The Balaban J connectivity index is 1.93. The van der Waals surface area contributed by atoms with E-state index >= 15 is 0 Å². The first-order valence-corrected chi connectivity index (χ1v) is 10.1. The van der Waals surface area contributed by atoms with Crippen LogP contribution in [0.15, 0.2) is 53.7 Å². The fourth-order valence-corrected chi connectivity index (χ4v) is 4.59. The van der Waals surface area contributed by atoms with E-state index in [1.54, 1.807) is 18.2 Å². The number of aryl methyl sites for hydroxylation is 1. The van der Waals surface area contributed by atoms with E-state index in [0.29, 0.717) is 34.8 Å². The summed E-state index contributed by atoms with van der Waals surface area (Å²) in [5.41, 5.74) is 1.35. The lowest BCUT2D eigenvalue weighted by molar-refractivity contribution is -0.138. The summed E-state index contributed by atoms with van der Waals surface area (Å²) in [6, 6.07) is 10.3. The third kappa shape index (κ3) is 3.54. The zero-order valence-electron chi connectivity index (χ0n) is 16.2. The molecule has 0 bridgehead atoms. The molecule has 1 aliphatic carbocycles. The predicted molar refractivity (Wildman–Crippen MR) is 108 cm³/mol. The Labute approximate surface area is 177 Å². The molecule has 0 N–H and O–H groups in total. The molecule has 1 aliphatic heterocycles. The van der Waals surface area contributed by atoms with Crippen molar-refractivity contribution in [2.24, 2.45) is 0 Å². The van der Waals surface area contributed by atoms with Gasteiger partial charge in [0.25, 0.3) is 0 Å². The van der Waals surface area contributed by atoms with Gasteiger partial charge in [0.1, 0.15) is 0 Å². The van der Waals surface area contributed by atoms with Crippen LogP contribution in [0.1, 0.15) is 48.3 Å². The molecule has 1 heterocycles. The third-order valence-electron chi connectivity index (χ3n) is 5.73. The zero-order chi connectivity index (χ0) is 21.6. The highest BCUT2D eigenvalue weighted by molar-refractivity contribution is 6.31. The summed E-state index contributed by atoms with van der Waals surface area (Å²) in [6.07, 6.45) is -3.51. The molecule has 2 aromatic rings. The molecular formula is C23H19ClF3NO2. The summed E-state index contributed by atoms with van der Waals surface area (Å²) in [7, 11) is 0. The predicted octanol–water partition coefficient (Wildman–Crippen LogP) is 6.19. The number of halogens is 4. The van der Waals surface area contributed by atoms with Crippen molar-refractivity contribution in [2.75, 3.05) is 4.90 Å². The van der Waals surface area contributed by atoms with Crippen molar-refractivity contribution in [3.8, 4) is 0 Å². The van der Waals surface area contributed by atoms with Gasteiger partial charge in [0.15, 0.2) is 5.78 Å². The molecule has 0 spiro atoms. The highest BCUT2D eigenvalue weighted by Gasteiger charge is 2.43. The molecule has 2 aromatic carbocycles. The summed E-state index contributed by atoms with van der Waals surface area (Å²) in [5.74, 6) is -1.44. The highest BCUT2D eigenvalue weighted by atomic mass is 35.5. The number of allylic oxidation sites excluding steroid dienone is 2. The van der Waals surface area contributed by atoms with E-state index in [0.717, 1.165) is 11.6 Å². The molecule has 1 amide bonds. The number of ketones is 1. The number of carbonyl (C=O) groups is 2. The second-order valence-electron chi connectivity index (χ2n) is 7.64. The SMILES string of the molecule is Cc1ccc(Cl)cc1N1C(=O)CC(c2ccccc2C(F)(F)F)C2=C1CCCC2=O. The second kappa shape index (κ2) is 7.58. The first-order chi connectivity index (χ1) is 14.2. The Morgan fingerprint density at radius 3 is 2.53 bits per heavy atom. The fraction of sp³-hybridized carbons (Fsp3) is 0.304. The lowest BCUT2D eigenvalue weighted by atomic mass is 9.75. The average molecular weight is 434 g/mol. The van der Waals surface area contributed by atoms with Crippen LogP contribution in [-0.4, -0.2) is 11.7 Å². The number of nitrogens with zero attached hydrogens (tertiary/aromatic N) is 1. The third-order valence-corrected chi connectivity index (χ3v) is 5.96. The number of rotatable bonds is 2. The number of amides is 1. The van der Waals surface area contributed by atoms with E-state index in [1.807, 2.05) is 6.92 Å². The first kappa shape index (κ1) is 20.7. The molecule has 3 nitrogen and oxygen atoms in total. The van der Waals surface area contributed by atoms with Gasteiger partial charge in [0.05, 0.1) is 11.3 Å². The molecule has 0 saturated heterocycles. The minimum Gasteiger partial charge on any atom is -0.294 e. The van der Waals surface area contributed by atoms with Crippen molar-refractivity contribution in [1.82, 2.24) is 0 Å². The van der Waals surface area contributed by atoms with E-state index in [1.165, 1.54) is 23.1 Å². The number of Topliss-reactive ketones (excluding diaryl/α,β-unsaturated/α-hetero) is 1. The number of benzene rings is 2. The molecular weight excluding hydrogens is 415 g/mol. The monoisotopic (exact) mass is 433 g/mol. The van der Waals surface area contributed by atoms with Crippen LogP contribution in [0.3, 0.4) is 0 Å². The lowest BCUT2D eigenvalue weighted by Gasteiger charge is -2.39. The second-order valence-corrected chi connectivity index (χ2v) is 8.08. The summed E-state index contributed by atoms with van der Waals surface area (Å²) in [6.45, 7) is 1.83. The van der Waals surface area contributed by atoms with Crippen molar-refractivity contribution in [3.63, 3.8) is 0 Å².